The van der Waals surface area contributed by atoms with Crippen molar-refractivity contribution >= 4 is 23.4 Å². The Morgan fingerprint density at radius 3 is 2.43 bits per heavy atom. The van der Waals surface area contributed by atoms with Gasteiger partial charge in [-0.15, -0.1) is 0 Å². The van der Waals surface area contributed by atoms with Gasteiger partial charge >= 0.3 is 0 Å². The summed E-state index contributed by atoms with van der Waals surface area (Å²) in [6.07, 6.45) is 0. The molecule has 2 aromatic rings. The van der Waals surface area contributed by atoms with E-state index in [4.69, 9.17) is 11.6 Å². The zero-order valence-corrected chi connectivity index (χ0v) is 14.0. The van der Waals surface area contributed by atoms with Crippen molar-refractivity contribution in [3.63, 3.8) is 0 Å². The molecule has 0 aliphatic rings. The van der Waals surface area contributed by atoms with E-state index in [2.05, 4.69) is 26.1 Å². The average Bonchev–Trinajstić information content (AvgIpc) is 2.41. The highest BCUT2D eigenvalue weighted by Gasteiger charge is 2.10. The minimum absolute atomic E-state index is 0.0626. The monoisotopic (exact) mass is 323 g/mol. The van der Waals surface area contributed by atoms with Gasteiger partial charge < -0.3 is 5.32 Å². The van der Waals surface area contributed by atoms with Gasteiger partial charge in [-0.2, -0.15) is 0 Å². The van der Waals surface area contributed by atoms with Gasteiger partial charge in [-0.05, 0) is 50.6 Å². The van der Waals surface area contributed by atoms with Crippen molar-refractivity contribution in [3.05, 3.63) is 58.9 Å². The molecule has 0 saturated heterocycles. The van der Waals surface area contributed by atoms with Crippen LogP contribution in [-0.2, 0) is 6.54 Å². The molecule has 0 fully saturated rings. The van der Waals surface area contributed by atoms with Crippen LogP contribution in [0.25, 0.3) is 0 Å². The van der Waals surface area contributed by atoms with Gasteiger partial charge in [-0.25, -0.2) is 4.39 Å². The van der Waals surface area contributed by atoms with E-state index in [0.717, 1.165) is 17.0 Å². The van der Waals surface area contributed by atoms with E-state index >= 15 is 0 Å². The minimum atomic E-state index is -0.225. The fourth-order valence-corrected chi connectivity index (χ4v) is 2.91. The molecule has 0 amide bonds. The summed E-state index contributed by atoms with van der Waals surface area (Å²) in [5.41, 5.74) is 1.18. The fraction of sp³-hybridized carbons (Fsp3) is 0.294. The van der Waals surface area contributed by atoms with Crippen molar-refractivity contribution in [2.45, 2.75) is 42.6 Å². The van der Waals surface area contributed by atoms with Crippen molar-refractivity contribution < 1.29 is 4.39 Å². The number of halogens is 2. The van der Waals surface area contributed by atoms with Gasteiger partial charge in [0.25, 0.3) is 0 Å². The molecule has 0 unspecified atom stereocenters. The van der Waals surface area contributed by atoms with Crippen LogP contribution in [0.3, 0.4) is 0 Å². The van der Waals surface area contributed by atoms with E-state index in [1.807, 2.05) is 24.3 Å². The van der Waals surface area contributed by atoms with Crippen LogP contribution in [0.5, 0.6) is 0 Å². The highest BCUT2D eigenvalue weighted by Crippen LogP contribution is 2.35. The molecule has 112 valence electrons. The van der Waals surface area contributed by atoms with Gasteiger partial charge in [0, 0.05) is 21.9 Å². The van der Waals surface area contributed by atoms with Crippen LogP contribution >= 0.6 is 23.4 Å². The maximum atomic E-state index is 13.7. The summed E-state index contributed by atoms with van der Waals surface area (Å²) in [7, 11) is 0. The number of nitrogens with one attached hydrogen (secondary N) is 1. The molecule has 4 heteroatoms. The van der Waals surface area contributed by atoms with Gasteiger partial charge in [-0.1, -0.05) is 41.6 Å². The van der Waals surface area contributed by atoms with Crippen molar-refractivity contribution in [1.29, 1.82) is 0 Å². The first kappa shape index (κ1) is 16.3. The number of rotatable bonds is 4. The lowest BCUT2D eigenvalue weighted by Crippen LogP contribution is -2.35. The summed E-state index contributed by atoms with van der Waals surface area (Å²) in [5.74, 6) is -0.225. The molecular formula is C17H19ClFNS. The Morgan fingerprint density at radius 2 is 1.81 bits per heavy atom. The topological polar surface area (TPSA) is 12.0 Å². The highest BCUT2D eigenvalue weighted by atomic mass is 35.5. The Kier molecular flexibility index (Phi) is 5.31. The first-order valence-electron chi connectivity index (χ1n) is 6.81. The third-order valence-corrected chi connectivity index (χ3v) is 4.43. The van der Waals surface area contributed by atoms with Gasteiger partial charge in [0.2, 0.25) is 0 Å². The smallest absolute Gasteiger partial charge is 0.137 e. The van der Waals surface area contributed by atoms with Crippen molar-refractivity contribution in [3.8, 4) is 0 Å². The van der Waals surface area contributed by atoms with E-state index in [1.165, 1.54) is 17.8 Å². The first-order chi connectivity index (χ1) is 9.85. The molecule has 0 aromatic heterocycles. The Morgan fingerprint density at radius 1 is 1.10 bits per heavy atom. The molecule has 1 N–H and O–H groups in total. The zero-order valence-electron chi connectivity index (χ0n) is 12.4. The molecule has 0 spiro atoms. The van der Waals surface area contributed by atoms with Crippen LogP contribution in [0.2, 0.25) is 5.02 Å². The van der Waals surface area contributed by atoms with E-state index in [-0.39, 0.29) is 11.4 Å². The normalized spacial score (nSPS) is 11.7. The van der Waals surface area contributed by atoms with Crippen molar-refractivity contribution in [1.82, 2.24) is 5.32 Å². The standard InChI is InChI=1S/C17H19ClFNS/c1-17(2,3)20-11-12-8-9-15(13(18)10-12)21-16-7-5-4-6-14(16)19/h4-10,20H,11H2,1-3H3. The fourth-order valence-electron chi connectivity index (χ4n) is 1.75. The Balaban J connectivity index is 2.11. The van der Waals surface area contributed by atoms with E-state index in [9.17, 15) is 4.39 Å². The number of hydrogen-bond donors (Lipinski definition) is 1. The second-order valence-electron chi connectivity index (χ2n) is 5.90. The highest BCUT2D eigenvalue weighted by molar-refractivity contribution is 7.99. The molecule has 1 nitrogen and oxygen atoms in total. The molecule has 0 radical (unpaired) electrons. The van der Waals surface area contributed by atoms with E-state index in [0.29, 0.717) is 9.92 Å². The van der Waals surface area contributed by atoms with Gasteiger partial charge in [-0.3, -0.25) is 0 Å². The van der Waals surface area contributed by atoms with Crippen LogP contribution in [0, 0.1) is 5.82 Å². The molecule has 0 aliphatic heterocycles. The van der Waals surface area contributed by atoms with Crippen LogP contribution in [0.1, 0.15) is 26.3 Å². The molecule has 0 bridgehead atoms. The Bertz CT molecular complexity index is 622. The molecule has 0 atom stereocenters. The third-order valence-electron chi connectivity index (χ3n) is 2.88. The molecule has 2 rings (SSSR count). The minimum Gasteiger partial charge on any atom is -0.308 e. The van der Waals surface area contributed by atoms with Crippen LogP contribution in [-0.4, -0.2) is 5.54 Å². The van der Waals surface area contributed by atoms with E-state index < -0.39 is 0 Å². The molecule has 0 heterocycles. The zero-order chi connectivity index (χ0) is 15.5. The molecule has 21 heavy (non-hydrogen) atoms. The molecular weight excluding hydrogens is 305 g/mol. The van der Waals surface area contributed by atoms with Gasteiger partial charge in [0.05, 0.1) is 5.02 Å². The van der Waals surface area contributed by atoms with Crippen LogP contribution in [0.15, 0.2) is 52.3 Å². The maximum Gasteiger partial charge on any atom is 0.137 e. The van der Waals surface area contributed by atoms with Crippen LogP contribution < -0.4 is 5.32 Å². The summed E-state index contributed by atoms with van der Waals surface area (Å²) in [5, 5.41) is 4.07. The van der Waals surface area contributed by atoms with Gasteiger partial charge in [0.15, 0.2) is 0 Å². The van der Waals surface area contributed by atoms with E-state index in [1.54, 1.807) is 12.1 Å². The Hall–Kier alpha value is -1.03. The third kappa shape index (κ3) is 5.03. The lowest BCUT2D eigenvalue weighted by molar-refractivity contribution is 0.424. The maximum absolute atomic E-state index is 13.7. The predicted octanol–water partition coefficient (Wildman–Crippen LogP) is 5.52. The Labute approximate surface area is 134 Å². The van der Waals surface area contributed by atoms with Crippen molar-refractivity contribution in [2.75, 3.05) is 0 Å². The quantitative estimate of drug-likeness (QED) is 0.795. The summed E-state index contributed by atoms with van der Waals surface area (Å²) in [6, 6.07) is 12.6. The second-order valence-corrected chi connectivity index (χ2v) is 7.39. The summed E-state index contributed by atoms with van der Waals surface area (Å²) < 4.78 is 13.7. The number of hydrogen-bond acceptors (Lipinski definition) is 2. The molecule has 0 saturated carbocycles. The van der Waals surface area contributed by atoms with Crippen molar-refractivity contribution in [2.24, 2.45) is 0 Å². The predicted molar refractivity (Wildman–Crippen MR) is 88.6 cm³/mol. The SMILES string of the molecule is CC(C)(C)NCc1ccc(Sc2ccccc2F)c(Cl)c1. The molecule has 2 aromatic carbocycles. The number of benzene rings is 2. The first-order valence-corrected chi connectivity index (χ1v) is 8.00. The lowest BCUT2D eigenvalue weighted by atomic mass is 10.1. The largest absolute Gasteiger partial charge is 0.308 e. The van der Waals surface area contributed by atoms with Gasteiger partial charge in [0.1, 0.15) is 5.82 Å². The summed E-state index contributed by atoms with van der Waals surface area (Å²) in [6.45, 7) is 7.12. The summed E-state index contributed by atoms with van der Waals surface area (Å²) in [4.78, 5) is 1.45. The van der Waals surface area contributed by atoms with Crippen LogP contribution in [0.4, 0.5) is 4.39 Å². The molecule has 0 aliphatic carbocycles. The lowest BCUT2D eigenvalue weighted by Gasteiger charge is -2.20. The average molecular weight is 324 g/mol. The summed E-state index contributed by atoms with van der Waals surface area (Å²) >= 11 is 7.66. The second kappa shape index (κ2) is 6.82.